The van der Waals surface area contributed by atoms with Crippen molar-refractivity contribution in [3.05, 3.63) is 11.6 Å². The molecule has 0 amide bonds. The predicted octanol–water partition coefficient (Wildman–Crippen LogP) is -0.131. The first-order valence-corrected chi connectivity index (χ1v) is 3.83. The largest absolute Gasteiger partial charge is 0.480 e. The molecule has 0 aliphatic heterocycles. The SMILES string of the molecule is CC1=CC[C@@](N)(C(=O)O)[C@H](O)C1. The highest BCUT2D eigenvalue weighted by molar-refractivity contribution is 5.80. The second-order valence-electron chi connectivity index (χ2n) is 3.32. The first-order valence-electron chi connectivity index (χ1n) is 3.83. The summed E-state index contributed by atoms with van der Waals surface area (Å²) in [6.07, 6.45) is 1.35. The van der Waals surface area contributed by atoms with E-state index in [1.807, 2.05) is 6.92 Å². The Morgan fingerprint density at radius 2 is 2.42 bits per heavy atom. The van der Waals surface area contributed by atoms with Gasteiger partial charge < -0.3 is 15.9 Å². The van der Waals surface area contributed by atoms with E-state index >= 15 is 0 Å². The minimum absolute atomic E-state index is 0.204. The number of nitrogens with two attached hydrogens (primary N) is 1. The van der Waals surface area contributed by atoms with Crippen molar-refractivity contribution in [2.45, 2.75) is 31.4 Å². The standard InChI is InChI=1S/C8H13NO3/c1-5-2-3-8(9,7(11)12)6(10)4-5/h2,6,10H,3-4,9H2,1H3,(H,11,12)/t6-,8+/m1/s1. The van der Waals surface area contributed by atoms with Crippen LogP contribution in [0.3, 0.4) is 0 Å². The number of carbonyl (C=O) groups is 1. The summed E-state index contributed by atoms with van der Waals surface area (Å²) >= 11 is 0. The molecule has 0 bridgehead atoms. The Morgan fingerprint density at radius 1 is 1.83 bits per heavy atom. The van der Waals surface area contributed by atoms with Gasteiger partial charge in [-0.1, -0.05) is 11.6 Å². The van der Waals surface area contributed by atoms with Crippen LogP contribution in [0.25, 0.3) is 0 Å². The van der Waals surface area contributed by atoms with Crippen LogP contribution in [0, 0.1) is 0 Å². The minimum Gasteiger partial charge on any atom is -0.480 e. The highest BCUT2D eigenvalue weighted by Crippen LogP contribution is 2.25. The van der Waals surface area contributed by atoms with E-state index in [2.05, 4.69) is 0 Å². The van der Waals surface area contributed by atoms with Crippen LogP contribution in [-0.2, 0) is 4.79 Å². The van der Waals surface area contributed by atoms with Gasteiger partial charge in [0.25, 0.3) is 0 Å². The van der Waals surface area contributed by atoms with Crippen LogP contribution in [0.2, 0.25) is 0 Å². The molecular formula is C8H13NO3. The molecular weight excluding hydrogens is 158 g/mol. The van der Waals surface area contributed by atoms with E-state index in [0.29, 0.717) is 6.42 Å². The molecule has 0 radical (unpaired) electrons. The zero-order chi connectivity index (χ0) is 9.35. The fourth-order valence-electron chi connectivity index (χ4n) is 1.28. The van der Waals surface area contributed by atoms with Crippen molar-refractivity contribution in [3.63, 3.8) is 0 Å². The smallest absolute Gasteiger partial charge is 0.326 e. The maximum Gasteiger partial charge on any atom is 0.326 e. The minimum atomic E-state index is -1.49. The predicted molar refractivity (Wildman–Crippen MR) is 43.6 cm³/mol. The molecule has 4 heteroatoms. The lowest BCUT2D eigenvalue weighted by atomic mass is 9.81. The average molecular weight is 171 g/mol. The molecule has 0 heterocycles. The Bertz CT molecular complexity index is 236. The molecule has 0 saturated heterocycles. The van der Waals surface area contributed by atoms with Crippen molar-refractivity contribution in [1.82, 2.24) is 0 Å². The summed E-state index contributed by atoms with van der Waals surface area (Å²) in [6, 6.07) is 0. The lowest BCUT2D eigenvalue weighted by molar-refractivity contribution is -0.148. The summed E-state index contributed by atoms with van der Waals surface area (Å²) in [5, 5.41) is 18.2. The fraction of sp³-hybridized carbons (Fsp3) is 0.625. The Kier molecular flexibility index (Phi) is 2.21. The van der Waals surface area contributed by atoms with Gasteiger partial charge in [0.15, 0.2) is 0 Å². The molecule has 0 aromatic rings. The Morgan fingerprint density at radius 3 is 2.83 bits per heavy atom. The number of hydrogen-bond donors (Lipinski definition) is 3. The van der Waals surface area contributed by atoms with Crippen LogP contribution in [-0.4, -0.2) is 27.8 Å². The topological polar surface area (TPSA) is 83.6 Å². The number of carboxylic acids is 1. The normalized spacial score (nSPS) is 35.9. The Balaban J connectivity index is 2.88. The van der Waals surface area contributed by atoms with E-state index in [1.165, 1.54) is 0 Å². The number of hydrogen-bond acceptors (Lipinski definition) is 3. The second-order valence-corrected chi connectivity index (χ2v) is 3.32. The van der Waals surface area contributed by atoms with E-state index < -0.39 is 17.6 Å². The second kappa shape index (κ2) is 2.88. The molecule has 1 rings (SSSR count). The van der Waals surface area contributed by atoms with Gasteiger partial charge >= 0.3 is 5.97 Å². The summed E-state index contributed by atoms with van der Waals surface area (Å²) in [6.45, 7) is 1.85. The van der Waals surface area contributed by atoms with Gasteiger partial charge in [0, 0.05) is 0 Å². The van der Waals surface area contributed by atoms with Crippen molar-refractivity contribution >= 4 is 5.97 Å². The summed E-state index contributed by atoms with van der Waals surface area (Å²) in [4.78, 5) is 10.7. The first kappa shape index (κ1) is 9.22. The molecule has 4 nitrogen and oxygen atoms in total. The molecule has 2 atom stereocenters. The third kappa shape index (κ3) is 1.35. The number of carboxylic acid groups (broad SMARTS) is 1. The lowest BCUT2D eigenvalue weighted by Crippen LogP contribution is -2.58. The summed E-state index contributed by atoms with van der Waals surface area (Å²) in [7, 11) is 0. The summed E-state index contributed by atoms with van der Waals surface area (Å²) < 4.78 is 0. The average Bonchev–Trinajstić information content (AvgIpc) is 1.97. The van der Waals surface area contributed by atoms with Gasteiger partial charge in [-0.05, 0) is 19.8 Å². The van der Waals surface area contributed by atoms with Crippen LogP contribution in [0.15, 0.2) is 11.6 Å². The van der Waals surface area contributed by atoms with E-state index in [9.17, 15) is 9.90 Å². The molecule has 12 heavy (non-hydrogen) atoms. The van der Waals surface area contributed by atoms with Gasteiger partial charge in [0.2, 0.25) is 0 Å². The van der Waals surface area contributed by atoms with Crippen molar-refractivity contribution in [1.29, 1.82) is 0 Å². The maximum absolute atomic E-state index is 10.7. The van der Waals surface area contributed by atoms with Crippen molar-refractivity contribution < 1.29 is 15.0 Å². The zero-order valence-corrected chi connectivity index (χ0v) is 6.95. The molecule has 0 saturated carbocycles. The van der Waals surface area contributed by atoms with Crippen LogP contribution >= 0.6 is 0 Å². The molecule has 0 aromatic heterocycles. The van der Waals surface area contributed by atoms with E-state index in [4.69, 9.17) is 10.8 Å². The molecule has 68 valence electrons. The number of aliphatic hydroxyl groups is 1. The zero-order valence-electron chi connectivity index (χ0n) is 6.95. The molecule has 0 fully saturated rings. The van der Waals surface area contributed by atoms with Gasteiger partial charge in [-0.25, -0.2) is 0 Å². The lowest BCUT2D eigenvalue weighted by Gasteiger charge is -2.32. The third-order valence-corrected chi connectivity index (χ3v) is 2.30. The molecule has 1 aliphatic carbocycles. The summed E-state index contributed by atoms with van der Waals surface area (Å²) in [5.74, 6) is -1.14. The monoisotopic (exact) mass is 171 g/mol. The van der Waals surface area contributed by atoms with Crippen molar-refractivity contribution in [2.75, 3.05) is 0 Å². The first-order chi connectivity index (χ1) is 5.47. The highest BCUT2D eigenvalue weighted by atomic mass is 16.4. The highest BCUT2D eigenvalue weighted by Gasteiger charge is 2.42. The van der Waals surface area contributed by atoms with Gasteiger partial charge in [0.1, 0.15) is 5.54 Å². The fourth-order valence-corrected chi connectivity index (χ4v) is 1.28. The van der Waals surface area contributed by atoms with Gasteiger partial charge in [-0.15, -0.1) is 0 Å². The summed E-state index contributed by atoms with van der Waals surface area (Å²) in [5.41, 5.74) is 5.02. The van der Waals surface area contributed by atoms with Gasteiger partial charge in [0.05, 0.1) is 6.10 Å². The van der Waals surface area contributed by atoms with Crippen molar-refractivity contribution in [2.24, 2.45) is 5.73 Å². The Hall–Kier alpha value is -0.870. The number of rotatable bonds is 1. The van der Waals surface area contributed by atoms with E-state index in [0.717, 1.165) is 5.57 Å². The van der Waals surface area contributed by atoms with Crippen LogP contribution < -0.4 is 5.73 Å². The van der Waals surface area contributed by atoms with Crippen LogP contribution in [0.4, 0.5) is 0 Å². The molecule has 0 unspecified atom stereocenters. The molecule has 0 aromatic carbocycles. The molecule has 4 N–H and O–H groups in total. The van der Waals surface area contributed by atoms with Crippen LogP contribution in [0.5, 0.6) is 0 Å². The quantitative estimate of drug-likeness (QED) is 0.480. The van der Waals surface area contributed by atoms with E-state index in [1.54, 1.807) is 6.08 Å². The molecule has 0 spiro atoms. The maximum atomic E-state index is 10.7. The van der Waals surface area contributed by atoms with Crippen LogP contribution in [0.1, 0.15) is 19.8 Å². The number of aliphatic carboxylic acids is 1. The Labute approximate surface area is 70.7 Å². The molecule has 1 aliphatic rings. The third-order valence-electron chi connectivity index (χ3n) is 2.30. The van der Waals surface area contributed by atoms with Gasteiger partial charge in [-0.2, -0.15) is 0 Å². The van der Waals surface area contributed by atoms with E-state index in [-0.39, 0.29) is 6.42 Å². The number of aliphatic hydroxyl groups excluding tert-OH is 1. The van der Waals surface area contributed by atoms with Gasteiger partial charge in [-0.3, -0.25) is 4.79 Å². The van der Waals surface area contributed by atoms with Crippen molar-refractivity contribution in [3.8, 4) is 0 Å².